The van der Waals surface area contributed by atoms with Crippen molar-refractivity contribution in [1.29, 1.82) is 0 Å². The summed E-state index contributed by atoms with van der Waals surface area (Å²) in [5.74, 6) is 0. The van der Waals surface area contributed by atoms with E-state index in [-0.39, 0.29) is 18.6 Å². The highest BCUT2D eigenvalue weighted by Crippen LogP contribution is 2.24. The van der Waals surface area contributed by atoms with Crippen molar-refractivity contribution in [2.75, 3.05) is 13.2 Å². The molecular formula is C13H24F3NO. The molecule has 0 aromatic carbocycles. The molecule has 1 saturated heterocycles. The van der Waals surface area contributed by atoms with E-state index in [4.69, 9.17) is 4.74 Å². The van der Waals surface area contributed by atoms with Crippen LogP contribution >= 0.6 is 0 Å². The van der Waals surface area contributed by atoms with Crippen LogP contribution in [0.5, 0.6) is 0 Å². The third-order valence-electron chi connectivity index (χ3n) is 3.38. The first kappa shape index (κ1) is 15.8. The molecular weight excluding hydrogens is 243 g/mol. The zero-order chi connectivity index (χ0) is 13.4. The summed E-state index contributed by atoms with van der Waals surface area (Å²) in [6.07, 6.45) is 0.670. The van der Waals surface area contributed by atoms with Gasteiger partial charge in [0.2, 0.25) is 0 Å². The van der Waals surface area contributed by atoms with Crippen molar-refractivity contribution in [1.82, 2.24) is 5.32 Å². The molecule has 0 aromatic heterocycles. The van der Waals surface area contributed by atoms with Crippen molar-refractivity contribution < 1.29 is 17.9 Å². The molecule has 0 aromatic rings. The second-order valence-electron chi connectivity index (χ2n) is 4.97. The van der Waals surface area contributed by atoms with Gasteiger partial charge in [0.15, 0.2) is 0 Å². The lowest BCUT2D eigenvalue weighted by Crippen LogP contribution is -2.32. The molecule has 1 aliphatic heterocycles. The Morgan fingerprint density at radius 2 is 2.06 bits per heavy atom. The quantitative estimate of drug-likeness (QED) is 0.760. The first-order valence-corrected chi connectivity index (χ1v) is 6.93. The fourth-order valence-corrected chi connectivity index (χ4v) is 2.40. The second kappa shape index (κ2) is 8.00. The molecule has 1 fully saturated rings. The normalized spacial score (nSPS) is 23.0. The Balaban J connectivity index is 2.23. The average molecular weight is 267 g/mol. The molecule has 1 rings (SSSR count). The van der Waals surface area contributed by atoms with Crippen molar-refractivity contribution >= 4 is 0 Å². The molecule has 108 valence electrons. The maximum atomic E-state index is 12.2. The molecule has 0 radical (unpaired) electrons. The minimum absolute atomic E-state index is 0.0397. The van der Waals surface area contributed by atoms with Gasteiger partial charge in [0, 0.05) is 19.1 Å². The fraction of sp³-hybridized carbons (Fsp3) is 1.00. The van der Waals surface area contributed by atoms with Crippen molar-refractivity contribution in [2.24, 2.45) is 0 Å². The maximum absolute atomic E-state index is 12.2. The van der Waals surface area contributed by atoms with Crippen LogP contribution in [0.2, 0.25) is 0 Å². The molecule has 1 N–H and O–H groups in total. The monoisotopic (exact) mass is 267 g/mol. The van der Waals surface area contributed by atoms with Gasteiger partial charge in [-0.15, -0.1) is 0 Å². The lowest BCUT2D eigenvalue weighted by molar-refractivity contribution is -0.136. The zero-order valence-electron chi connectivity index (χ0n) is 11.1. The Labute approximate surface area is 107 Å². The van der Waals surface area contributed by atoms with Crippen LogP contribution in [0.1, 0.15) is 51.9 Å². The van der Waals surface area contributed by atoms with Crippen molar-refractivity contribution in [3.63, 3.8) is 0 Å². The minimum atomic E-state index is -4.05. The van der Waals surface area contributed by atoms with E-state index in [1.165, 1.54) is 6.42 Å². The SMILES string of the molecule is CCNC(CCC1CCCCO1)CCC(F)(F)F. The second-order valence-corrected chi connectivity index (χ2v) is 4.97. The Kier molecular flexibility index (Phi) is 7.00. The van der Waals surface area contributed by atoms with Crippen molar-refractivity contribution in [3.05, 3.63) is 0 Å². The average Bonchev–Trinajstić information content (AvgIpc) is 2.33. The summed E-state index contributed by atoms with van der Waals surface area (Å²) in [7, 11) is 0. The number of alkyl halides is 3. The van der Waals surface area contributed by atoms with Crippen LogP contribution in [-0.2, 0) is 4.74 Å². The number of ether oxygens (including phenoxy) is 1. The lowest BCUT2D eigenvalue weighted by Gasteiger charge is -2.25. The van der Waals surface area contributed by atoms with E-state index < -0.39 is 12.6 Å². The Bertz CT molecular complexity index is 215. The van der Waals surface area contributed by atoms with Gasteiger partial charge in [-0.2, -0.15) is 13.2 Å². The minimum Gasteiger partial charge on any atom is -0.378 e. The third-order valence-corrected chi connectivity index (χ3v) is 3.38. The van der Waals surface area contributed by atoms with Gasteiger partial charge in [0.25, 0.3) is 0 Å². The van der Waals surface area contributed by atoms with Gasteiger partial charge in [-0.3, -0.25) is 0 Å². The van der Waals surface area contributed by atoms with Crippen LogP contribution in [-0.4, -0.2) is 31.5 Å². The standard InChI is InChI=1S/C13H24F3NO/c1-2-17-11(8-9-13(14,15)16)6-7-12-5-3-4-10-18-12/h11-12,17H,2-10H2,1H3. The Hall–Kier alpha value is -0.290. The fourth-order valence-electron chi connectivity index (χ4n) is 2.40. The summed E-state index contributed by atoms with van der Waals surface area (Å²) < 4.78 is 42.2. The predicted octanol–water partition coefficient (Wildman–Crippen LogP) is 3.66. The number of nitrogens with one attached hydrogen (secondary N) is 1. The van der Waals surface area contributed by atoms with Crippen LogP contribution < -0.4 is 5.32 Å². The van der Waals surface area contributed by atoms with Crippen LogP contribution in [0, 0.1) is 0 Å². The molecule has 1 heterocycles. The molecule has 18 heavy (non-hydrogen) atoms. The summed E-state index contributed by atoms with van der Waals surface area (Å²) in [6.45, 7) is 3.45. The number of hydrogen-bond acceptors (Lipinski definition) is 2. The van der Waals surface area contributed by atoms with Crippen molar-refractivity contribution in [3.8, 4) is 0 Å². The van der Waals surface area contributed by atoms with E-state index in [1.807, 2.05) is 6.92 Å². The zero-order valence-corrected chi connectivity index (χ0v) is 11.1. The molecule has 0 saturated carbocycles. The molecule has 2 unspecified atom stereocenters. The summed E-state index contributed by atoms with van der Waals surface area (Å²) in [5, 5.41) is 3.14. The molecule has 5 heteroatoms. The molecule has 2 nitrogen and oxygen atoms in total. The number of hydrogen-bond donors (Lipinski definition) is 1. The van der Waals surface area contributed by atoms with E-state index in [0.29, 0.717) is 6.54 Å². The van der Waals surface area contributed by atoms with E-state index >= 15 is 0 Å². The highest BCUT2D eigenvalue weighted by Gasteiger charge is 2.28. The van der Waals surface area contributed by atoms with Gasteiger partial charge in [-0.25, -0.2) is 0 Å². The van der Waals surface area contributed by atoms with Crippen LogP contribution in [0.3, 0.4) is 0 Å². The molecule has 1 aliphatic rings. The molecule has 0 amide bonds. The summed E-state index contributed by atoms with van der Waals surface area (Å²) in [4.78, 5) is 0. The van der Waals surface area contributed by atoms with Gasteiger partial charge >= 0.3 is 6.18 Å². The predicted molar refractivity (Wildman–Crippen MR) is 65.6 cm³/mol. The first-order valence-electron chi connectivity index (χ1n) is 6.93. The highest BCUT2D eigenvalue weighted by atomic mass is 19.4. The Morgan fingerprint density at radius 1 is 1.28 bits per heavy atom. The summed E-state index contributed by atoms with van der Waals surface area (Å²) >= 11 is 0. The number of rotatable bonds is 7. The van der Waals surface area contributed by atoms with Crippen LogP contribution in [0.15, 0.2) is 0 Å². The summed E-state index contributed by atoms with van der Waals surface area (Å²) in [6, 6.07) is -0.0397. The van der Waals surface area contributed by atoms with Gasteiger partial charge in [0.1, 0.15) is 0 Å². The largest absolute Gasteiger partial charge is 0.389 e. The van der Waals surface area contributed by atoms with E-state index in [2.05, 4.69) is 5.32 Å². The van der Waals surface area contributed by atoms with Gasteiger partial charge in [-0.05, 0) is 45.1 Å². The number of halogens is 3. The lowest BCUT2D eigenvalue weighted by atomic mass is 9.99. The van der Waals surface area contributed by atoms with Gasteiger partial charge in [0.05, 0.1) is 6.10 Å². The first-order chi connectivity index (χ1) is 8.51. The smallest absolute Gasteiger partial charge is 0.378 e. The Morgan fingerprint density at radius 3 is 2.61 bits per heavy atom. The van der Waals surface area contributed by atoms with E-state index in [9.17, 15) is 13.2 Å². The summed E-state index contributed by atoms with van der Waals surface area (Å²) in [5.41, 5.74) is 0. The molecule has 2 atom stereocenters. The third kappa shape index (κ3) is 7.21. The topological polar surface area (TPSA) is 21.3 Å². The van der Waals surface area contributed by atoms with E-state index in [1.54, 1.807) is 0 Å². The van der Waals surface area contributed by atoms with Gasteiger partial charge in [-0.1, -0.05) is 6.92 Å². The maximum Gasteiger partial charge on any atom is 0.389 e. The van der Waals surface area contributed by atoms with Gasteiger partial charge < -0.3 is 10.1 Å². The van der Waals surface area contributed by atoms with Crippen LogP contribution in [0.4, 0.5) is 13.2 Å². The van der Waals surface area contributed by atoms with Crippen LogP contribution in [0.25, 0.3) is 0 Å². The molecule has 0 bridgehead atoms. The highest BCUT2D eigenvalue weighted by molar-refractivity contribution is 4.72. The van der Waals surface area contributed by atoms with E-state index in [0.717, 1.165) is 32.3 Å². The van der Waals surface area contributed by atoms with Crippen molar-refractivity contribution in [2.45, 2.75) is 70.2 Å². The molecule has 0 aliphatic carbocycles. The molecule has 0 spiro atoms.